The standard InChI is InChI=1S/C14H21ClN2O3/c1-9(14(19-4)20-5)16-10-6-7-12(15)11(8-10)13(18)17(2)3/h6-9,14,16H,1-5H3. The molecule has 0 aliphatic carbocycles. The van der Waals surface area contributed by atoms with E-state index in [4.69, 9.17) is 21.1 Å². The van der Waals surface area contributed by atoms with Gasteiger partial charge in [0.15, 0.2) is 6.29 Å². The number of nitrogens with zero attached hydrogens (tertiary/aromatic N) is 1. The van der Waals surface area contributed by atoms with Gasteiger partial charge in [0.05, 0.1) is 16.6 Å². The molecule has 112 valence electrons. The number of carbonyl (C=O) groups excluding carboxylic acids is 1. The SMILES string of the molecule is COC(OC)C(C)Nc1ccc(Cl)c(C(=O)N(C)C)c1. The van der Waals surface area contributed by atoms with Gasteiger partial charge in [0.2, 0.25) is 0 Å². The number of rotatable bonds is 6. The summed E-state index contributed by atoms with van der Waals surface area (Å²) in [4.78, 5) is 13.5. The minimum absolute atomic E-state index is 0.0755. The lowest BCUT2D eigenvalue weighted by molar-refractivity contribution is -0.109. The molecule has 0 spiro atoms. The second kappa shape index (κ2) is 7.47. The predicted molar refractivity (Wildman–Crippen MR) is 80.4 cm³/mol. The summed E-state index contributed by atoms with van der Waals surface area (Å²) in [7, 11) is 6.53. The third-order valence-electron chi connectivity index (χ3n) is 2.87. The Morgan fingerprint density at radius 1 is 1.30 bits per heavy atom. The predicted octanol–water partition coefficient (Wildman–Crippen LogP) is 2.46. The summed E-state index contributed by atoms with van der Waals surface area (Å²) in [5.74, 6) is -0.138. The van der Waals surface area contributed by atoms with Crippen LogP contribution >= 0.6 is 11.6 Å². The Bertz CT molecular complexity index is 462. The fourth-order valence-electron chi connectivity index (χ4n) is 1.86. The number of methoxy groups -OCH3 is 2. The van der Waals surface area contributed by atoms with Gasteiger partial charge in [-0.25, -0.2) is 0 Å². The molecule has 5 nitrogen and oxygen atoms in total. The molecule has 0 aliphatic heterocycles. The Kier molecular flexibility index (Phi) is 6.26. The lowest BCUT2D eigenvalue weighted by Gasteiger charge is -2.23. The molecule has 1 unspecified atom stereocenters. The molecule has 0 aromatic heterocycles. The first-order chi connectivity index (χ1) is 9.40. The van der Waals surface area contributed by atoms with Crippen molar-refractivity contribution in [2.24, 2.45) is 0 Å². The van der Waals surface area contributed by atoms with Gasteiger partial charge in [0.1, 0.15) is 0 Å². The summed E-state index contributed by atoms with van der Waals surface area (Å²) >= 11 is 6.06. The summed E-state index contributed by atoms with van der Waals surface area (Å²) in [5, 5.41) is 3.65. The monoisotopic (exact) mass is 300 g/mol. The summed E-state index contributed by atoms with van der Waals surface area (Å²) in [6.07, 6.45) is -0.376. The van der Waals surface area contributed by atoms with Crippen LogP contribution in [0.2, 0.25) is 5.02 Å². The fraction of sp³-hybridized carbons (Fsp3) is 0.500. The van der Waals surface area contributed by atoms with Gasteiger partial charge in [-0.2, -0.15) is 0 Å². The molecule has 0 aliphatic rings. The molecule has 0 fully saturated rings. The smallest absolute Gasteiger partial charge is 0.254 e. The summed E-state index contributed by atoms with van der Waals surface area (Å²) in [6.45, 7) is 1.93. The summed E-state index contributed by atoms with van der Waals surface area (Å²) in [6, 6.07) is 5.16. The average molecular weight is 301 g/mol. The Balaban J connectivity index is 2.93. The molecule has 1 aromatic rings. The van der Waals surface area contributed by atoms with Crippen molar-refractivity contribution in [3.05, 3.63) is 28.8 Å². The van der Waals surface area contributed by atoms with Crippen LogP contribution in [0.15, 0.2) is 18.2 Å². The lowest BCUT2D eigenvalue weighted by Crippen LogP contribution is -2.33. The molecular weight excluding hydrogens is 280 g/mol. The zero-order chi connectivity index (χ0) is 15.3. The third-order valence-corrected chi connectivity index (χ3v) is 3.20. The largest absolute Gasteiger partial charge is 0.377 e. The van der Waals surface area contributed by atoms with E-state index in [9.17, 15) is 4.79 Å². The normalized spacial score (nSPS) is 12.3. The van der Waals surface area contributed by atoms with Gasteiger partial charge in [-0.1, -0.05) is 11.6 Å². The second-order valence-electron chi connectivity index (χ2n) is 4.67. The van der Waals surface area contributed by atoms with Crippen LogP contribution in [-0.2, 0) is 9.47 Å². The van der Waals surface area contributed by atoms with E-state index in [0.717, 1.165) is 5.69 Å². The van der Waals surface area contributed by atoms with Crippen LogP contribution in [0.25, 0.3) is 0 Å². The Morgan fingerprint density at radius 2 is 1.90 bits per heavy atom. The van der Waals surface area contributed by atoms with Crippen LogP contribution in [0.5, 0.6) is 0 Å². The topological polar surface area (TPSA) is 50.8 Å². The number of anilines is 1. The zero-order valence-electron chi connectivity index (χ0n) is 12.4. The number of carbonyl (C=O) groups is 1. The molecule has 0 saturated heterocycles. The van der Waals surface area contributed by atoms with Gasteiger partial charge in [0.25, 0.3) is 5.91 Å². The lowest BCUT2D eigenvalue weighted by atomic mass is 10.1. The fourth-order valence-corrected chi connectivity index (χ4v) is 2.05. The van der Waals surface area contributed by atoms with Gasteiger partial charge < -0.3 is 19.7 Å². The molecule has 20 heavy (non-hydrogen) atoms. The summed E-state index contributed by atoms with van der Waals surface area (Å²) < 4.78 is 10.4. The number of nitrogens with one attached hydrogen (secondary N) is 1. The third kappa shape index (κ3) is 4.10. The van der Waals surface area contributed by atoms with Gasteiger partial charge in [-0.15, -0.1) is 0 Å². The quantitative estimate of drug-likeness (QED) is 0.820. The highest BCUT2D eigenvalue weighted by molar-refractivity contribution is 6.34. The van der Waals surface area contributed by atoms with Crippen LogP contribution in [0.1, 0.15) is 17.3 Å². The van der Waals surface area contributed by atoms with Gasteiger partial charge >= 0.3 is 0 Å². The molecule has 6 heteroatoms. The maximum absolute atomic E-state index is 12.0. The highest BCUT2D eigenvalue weighted by Gasteiger charge is 2.17. The molecule has 0 bridgehead atoms. The maximum Gasteiger partial charge on any atom is 0.254 e. The molecule has 0 saturated carbocycles. The number of ether oxygens (including phenoxy) is 2. The van der Waals surface area contributed by atoms with Crippen LogP contribution in [0, 0.1) is 0 Å². The van der Waals surface area contributed by atoms with E-state index in [-0.39, 0.29) is 18.2 Å². The Morgan fingerprint density at radius 3 is 2.40 bits per heavy atom. The van der Waals surface area contributed by atoms with Crippen molar-refractivity contribution >= 4 is 23.2 Å². The highest BCUT2D eigenvalue weighted by Crippen LogP contribution is 2.22. The van der Waals surface area contributed by atoms with Crippen LogP contribution in [0.3, 0.4) is 0 Å². The van der Waals surface area contributed by atoms with Crippen molar-refractivity contribution in [1.82, 2.24) is 4.90 Å². The van der Waals surface area contributed by atoms with Crippen molar-refractivity contribution in [2.75, 3.05) is 33.6 Å². The first-order valence-electron chi connectivity index (χ1n) is 6.24. The number of hydrogen-bond donors (Lipinski definition) is 1. The first kappa shape index (κ1) is 16.8. The number of amides is 1. The van der Waals surface area contributed by atoms with Crippen LogP contribution < -0.4 is 5.32 Å². The van der Waals surface area contributed by atoms with Crippen molar-refractivity contribution < 1.29 is 14.3 Å². The van der Waals surface area contributed by atoms with E-state index >= 15 is 0 Å². The van der Waals surface area contributed by atoms with E-state index in [1.165, 1.54) is 4.90 Å². The molecule has 1 aromatic carbocycles. The van der Waals surface area contributed by atoms with Gasteiger partial charge in [0, 0.05) is 34.0 Å². The second-order valence-corrected chi connectivity index (χ2v) is 5.07. The number of benzene rings is 1. The van der Waals surface area contributed by atoms with Gasteiger partial charge in [-0.05, 0) is 25.1 Å². The molecule has 1 amide bonds. The molecule has 1 rings (SSSR count). The molecule has 1 N–H and O–H groups in total. The highest BCUT2D eigenvalue weighted by atomic mass is 35.5. The molecule has 0 heterocycles. The molecule has 1 atom stereocenters. The summed E-state index contributed by atoms with van der Waals surface area (Å²) in [5.41, 5.74) is 1.24. The van der Waals surface area contributed by atoms with Crippen LogP contribution in [-0.4, -0.2) is 51.5 Å². The zero-order valence-corrected chi connectivity index (χ0v) is 13.2. The maximum atomic E-state index is 12.0. The van der Waals surface area contributed by atoms with Gasteiger partial charge in [-0.3, -0.25) is 4.79 Å². The van der Waals surface area contributed by atoms with E-state index in [2.05, 4.69) is 5.32 Å². The van der Waals surface area contributed by atoms with Crippen molar-refractivity contribution in [3.63, 3.8) is 0 Å². The average Bonchev–Trinajstić information content (AvgIpc) is 2.41. The van der Waals surface area contributed by atoms with E-state index in [1.807, 2.05) is 13.0 Å². The number of hydrogen-bond acceptors (Lipinski definition) is 4. The van der Waals surface area contributed by atoms with E-state index < -0.39 is 0 Å². The van der Waals surface area contributed by atoms with Crippen molar-refractivity contribution in [1.29, 1.82) is 0 Å². The minimum atomic E-state index is -0.376. The van der Waals surface area contributed by atoms with Crippen LogP contribution in [0.4, 0.5) is 5.69 Å². The van der Waals surface area contributed by atoms with Crippen molar-refractivity contribution in [2.45, 2.75) is 19.3 Å². The Hall–Kier alpha value is -1.30. The number of halogens is 1. The molecule has 0 radical (unpaired) electrons. The Labute approximate surface area is 124 Å². The first-order valence-corrected chi connectivity index (χ1v) is 6.61. The molecular formula is C14H21ClN2O3. The van der Waals surface area contributed by atoms with Crippen molar-refractivity contribution in [3.8, 4) is 0 Å². The minimum Gasteiger partial charge on any atom is -0.377 e. The van der Waals surface area contributed by atoms with E-state index in [0.29, 0.717) is 10.6 Å². The van der Waals surface area contributed by atoms with E-state index in [1.54, 1.807) is 40.4 Å².